The number of hydrogen-bond donors (Lipinski definition) is 2. The first-order valence-corrected chi connectivity index (χ1v) is 5.99. The van der Waals surface area contributed by atoms with Gasteiger partial charge >= 0.3 is 0 Å². The largest absolute Gasteiger partial charge is 0.368 e. The second kappa shape index (κ2) is 4.35. The van der Waals surface area contributed by atoms with Crippen LogP contribution in [0.5, 0.6) is 0 Å². The third kappa shape index (κ3) is 2.59. The summed E-state index contributed by atoms with van der Waals surface area (Å²) in [5.74, 6) is 1.92. The second-order valence-electron chi connectivity index (χ2n) is 4.18. The molecule has 4 nitrogen and oxygen atoms in total. The lowest BCUT2D eigenvalue weighted by Gasteiger charge is -2.14. The highest BCUT2D eigenvalue weighted by atomic mass is 79.9. The molecule has 0 aliphatic heterocycles. The van der Waals surface area contributed by atoms with Gasteiger partial charge < -0.3 is 11.1 Å². The SMILES string of the molecule is CC1CCC(Nc2nc(N)ncc2Br)C1. The van der Waals surface area contributed by atoms with Crippen molar-refractivity contribution < 1.29 is 0 Å². The van der Waals surface area contributed by atoms with Crippen LogP contribution in [-0.2, 0) is 0 Å². The van der Waals surface area contributed by atoms with Gasteiger partial charge in [0.15, 0.2) is 0 Å². The molecule has 0 spiro atoms. The number of aromatic nitrogens is 2. The van der Waals surface area contributed by atoms with Gasteiger partial charge in [-0.25, -0.2) is 4.98 Å². The summed E-state index contributed by atoms with van der Waals surface area (Å²) in [5.41, 5.74) is 5.55. The molecule has 2 unspecified atom stereocenters. The molecule has 1 aromatic heterocycles. The number of hydrogen-bond acceptors (Lipinski definition) is 4. The first-order valence-electron chi connectivity index (χ1n) is 5.19. The van der Waals surface area contributed by atoms with E-state index in [0.717, 1.165) is 16.2 Å². The topological polar surface area (TPSA) is 63.8 Å². The molecule has 0 bridgehead atoms. The number of nitrogens with two attached hydrogens (primary N) is 1. The summed E-state index contributed by atoms with van der Waals surface area (Å²) >= 11 is 3.41. The summed E-state index contributed by atoms with van der Waals surface area (Å²) in [6.45, 7) is 2.28. The van der Waals surface area contributed by atoms with Gasteiger partial charge in [0.2, 0.25) is 5.95 Å². The van der Waals surface area contributed by atoms with Crippen LogP contribution in [-0.4, -0.2) is 16.0 Å². The molecule has 0 amide bonds. The van der Waals surface area contributed by atoms with Crippen LogP contribution in [0.3, 0.4) is 0 Å². The summed E-state index contributed by atoms with van der Waals surface area (Å²) in [4.78, 5) is 8.08. The second-order valence-corrected chi connectivity index (χ2v) is 5.04. The normalized spacial score (nSPS) is 25.5. The Labute approximate surface area is 97.8 Å². The molecule has 5 heteroatoms. The van der Waals surface area contributed by atoms with Gasteiger partial charge in [0.05, 0.1) is 4.47 Å². The summed E-state index contributed by atoms with van der Waals surface area (Å²) in [6, 6.07) is 0.519. The lowest BCUT2D eigenvalue weighted by Crippen LogP contribution is -2.17. The van der Waals surface area contributed by atoms with Gasteiger partial charge in [0.25, 0.3) is 0 Å². The van der Waals surface area contributed by atoms with E-state index in [4.69, 9.17) is 5.73 Å². The maximum atomic E-state index is 5.55. The van der Waals surface area contributed by atoms with Crippen molar-refractivity contribution in [2.75, 3.05) is 11.1 Å². The van der Waals surface area contributed by atoms with Gasteiger partial charge in [0.1, 0.15) is 5.82 Å². The number of anilines is 2. The summed E-state index contributed by atoms with van der Waals surface area (Å²) in [7, 11) is 0. The third-order valence-corrected chi connectivity index (χ3v) is 3.38. The molecule has 0 radical (unpaired) electrons. The fourth-order valence-electron chi connectivity index (χ4n) is 2.01. The number of rotatable bonds is 2. The number of nitrogens with zero attached hydrogens (tertiary/aromatic N) is 2. The van der Waals surface area contributed by atoms with Gasteiger partial charge in [-0.1, -0.05) is 6.92 Å². The first kappa shape index (κ1) is 10.7. The Hall–Kier alpha value is -0.840. The Kier molecular flexibility index (Phi) is 3.09. The zero-order chi connectivity index (χ0) is 10.8. The van der Waals surface area contributed by atoms with E-state index in [0.29, 0.717) is 12.0 Å². The molecule has 15 heavy (non-hydrogen) atoms. The first-order chi connectivity index (χ1) is 7.15. The van der Waals surface area contributed by atoms with E-state index >= 15 is 0 Å². The zero-order valence-corrected chi connectivity index (χ0v) is 10.3. The fourth-order valence-corrected chi connectivity index (χ4v) is 2.32. The summed E-state index contributed by atoms with van der Waals surface area (Å²) in [5, 5.41) is 3.40. The van der Waals surface area contributed by atoms with E-state index in [-0.39, 0.29) is 0 Å². The fraction of sp³-hybridized carbons (Fsp3) is 0.600. The molecule has 1 heterocycles. The standard InChI is InChI=1S/C10H15BrN4/c1-6-2-3-7(4-6)14-9-8(11)5-13-10(12)15-9/h5-7H,2-4H2,1H3,(H3,12,13,14,15). The summed E-state index contributed by atoms with van der Waals surface area (Å²) in [6.07, 6.45) is 5.38. The van der Waals surface area contributed by atoms with Crippen molar-refractivity contribution in [3.05, 3.63) is 10.7 Å². The van der Waals surface area contributed by atoms with Crippen molar-refractivity contribution in [2.45, 2.75) is 32.2 Å². The van der Waals surface area contributed by atoms with Crippen LogP contribution in [0.2, 0.25) is 0 Å². The molecule has 2 rings (SSSR count). The van der Waals surface area contributed by atoms with Gasteiger partial charge in [-0.2, -0.15) is 4.98 Å². The van der Waals surface area contributed by atoms with Crippen molar-refractivity contribution in [1.29, 1.82) is 0 Å². The molecule has 0 aromatic carbocycles. The van der Waals surface area contributed by atoms with E-state index in [1.165, 1.54) is 19.3 Å². The molecule has 0 saturated heterocycles. The minimum absolute atomic E-state index is 0.312. The minimum Gasteiger partial charge on any atom is -0.368 e. The zero-order valence-electron chi connectivity index (χ0n) is 8.70. The predicted molar refractivity (Wildman–Crippen MR) is 64.6 cm³/mol. The van der Waals surface area contributed by atoms with E-state index in [2.05, 4.69) is 38.1 Å². The van der Waals surface area contributed by atoms with E-state index in [1.54, 1.807) is 6.20 Å². The molecular weight excluding hydrogens is 256 g/mol. The van der Waals surface area contributed by atoms with Gasteiger partial charge in [0, 0.05) is 12.2 Å². The molecule has 1 aliphatic rings. The Morgan fingerprint density at radius 2 is 2.33 bits per heavy atom. The van der Waals surface area contributed by atoms with Crippen molar-refractivity contribution in [1.82, 2.24) is 9.97 Å². The Morgan fingerprint density at radius 3 is 3.00 bits per heavy atom. The highest BCUT2D eigenvalue weighted by Gasteiger charge is 2.22. The van der Waals surface area contributed by atoms with Crippen LogP contribution in [0.15, 0.2) is 10.7 Å². The van der Waals surface area contributed by atoms with Crippen molar-refractivity contribution >= 4 is 27.7 Å². The summed E-state index contributed by atoms with van der Waals surface area (Å²) < 4.78 is 0.872. The van der Waals surface area contributed by atoms with E-state index in [9.17, 15) is 0 Å². The quantitative estimate of drug-likeness (QED) is 0.867. The average molecular weight is 271 g/mol. The van der Waals surface area contributed by atoms with Crippen molar-refractivity contribution in [3.8, 4) is 0 Å². The van der Waals surface area contributed by atoms with Crippen LogP contribution in [0.25, 0.3) is 0 Å². The molecule has 1 aromatic rings. The molecule has 1 aliphatic carbocycles. The number of nitrogens with one attached hydrogen (secondary N) is 1. The monoisotopic (exact) mass is 270 g/mol. The smallest absolute Gasteiger partial charge is 0.221 e. The van der Waals surface area contributed by atoms with E-state index in [1.807, 2.05) is 0 Å². The molecule has 82 valence electrons. The molecule has 2 atom stereocenters. The highest BCUT2D eigenvalue weighted by molar-refractivity contribution is 9.10. The number of nitrogen functional groups attached to an aromatic ring is 1. The van der Waals surface area contributed by atoms with E-state index < -0.39 is 0 Å². The van der Waals surface area contributed by atoms with Gasteiger partial charge in [-0.05, 0) is 41.1 Å². The minimum atomic E-state index is 0.312. The Morgan fingerprint density at radius 1 is 1.53 bits per heavy atom. The predicted octanol–water partition coefficient (Wildman–Crippen LogP) is 2.42. The molecule has 3 N–H and O–H groups in total. The van der Waals surface area contributed by atoms with Crippen molar-refractivity contribution in [2.24, 2.45) is 5.92 Å². The molecule has 1 fully saturated rings. The maximum Gasteiger partial charge on any atom is 0.221 e. The van der Waals surface area contributed by atoms with Crippen LogP contribution in [0.1, 0.15) is 26.2 Å². The highest BCUT2D eigenvalue weighted by Crippen LogP contribution is 2.29. The third-order valence-electron chi connectivity index (χ3n) is 2.80. The molecule has 1 saturated carbocycles. The van der Waals surface area contributed by atoms with Crippen LogP contribution in [0, 0.1) is 5.92 Å². The Bertz CT molecular complexity index is 355. The van der Waals surface area contributed by atoms with Gasteiger partial charge in [-0.3, -0.25) is 0 Å². The van der Waals surface area contributed by atoms with Crippen LogP contribution >= 0.6 is 15.9 Å². The lowest BCUT2D eigenvalue weighted by atomic mass is 10.1. The Balaban J connectivity index is 2.07. The lowest BCUT2D eigenvalue weighted by molar-refractivity contribution is 0.602. The maximum absolute atomic E-state index is 5.55. The van der Waals surface area contributed by atoms with Crippen LogP contribution < -0.4 is 11.1 Å². The van der Waals surface area contributed by atoms with Gasteiger partial charge in [-0.15, -0.1) is 0 Å². The van der Waals surface area contributed by atoms with Crippen molar-refractivity contribution in [3.63, 3.8) is 0 Å². The number of halogens is 1. The average Bonchev–Trinajstić information content (AvgIpc) is 2.58. The van der Waals surface area contributed by atoms with Crippen LogP contribution in [0.4, 0.5) is 11.8 Å². The molecular formula is C10H15BrN4.